The van der Waals surface area contributed by atoms with Crippen LogP contribution in [0, 0.1) is 5.92 Å². The van der Waals surface area contributed by atoms with Gasteiger partial charge in [0.2, 0.25) is 0 Å². The van der Waals surface area contributed by atoms with Crippen molar-refractivity contribution in [1.29, 1.82) is 0 Å². The van der Waals surface area contributed by atoms with E-state index in [-0.39, 0.29) is 11.7 Å². The number of benzene rings is 1. The third-order valence-electron chi connectivity index (χ3n) is 3.47. The normalized spacial score (nSPS) is 24.3. The van der Waals surface area contributed by atoms with E-state index in [1.54, 1.807) is 12.1 Å². The molecule has 1 aliphatic rings. The largest absolute Gasteiger partial charge is 0.508 e. The van der Waals surface area contributed by atoms with E-state index >= 15 is 0 Å². The SMILES string of the molecule is CC1CCN(Cc2cc(Br)ccc2O)C1C(=O)O. The van der Waals surface area contributed by atoms with Gasteiger partial charge in [-0.1, -0.05) is 22.9 Å². The van der Waals surface area contributed by atoms with E-state index in [1.165, 1.54) is 0 Å². The molecule has 2 N–H and O–H groups in total. The lowest BCUT2D eigenvalue weighted by molar-refractivity contribution is -0.143. The molecule has 0 radical (unpaired) electrons. The molecule has 4 nitrogen and oxygen atoms in total. The van der Waals surface area contributed by atoms with Gasteiger partial charge in [-0.3, -0.25) is 9.69 Å². The molecule has 1 aromatic carbocycles. The van der Waals surface area contributed by atoms with Crippen LogP contribution < -0.4 is 0 Å². The Morgan fingerprint density at radius 3 is 2.94 bits per heavy atom. The van der Waals surface area contributed by atoms with Crippen LogP contribution in [0.25, 0.3) is 0 Å². The highest BCUT2D eigenvalue weighted by Gasteiger charge is 2.36. The van der Waals surface area contributed by atoms with Crippen molar-refractivity contribution in [1.82, 2.24) is 4.90 Å². The zero-order valence-corrected chi connectivity index (χ0v) is 11.7. The minimum atomic E-state index is -0.783. The monoisotopic (exact) mass is 313 g/mol. The van der Waals surface area contributed by atoms with Gasteiger partial charge in [-0.05, 0) is 37.1 Å². The van der Waals surface area contributed by atoms with Gasteiger partial charge < -0.3 is 10.2 Å². The van der Waals surface area contributed by atoms with Crippen LogP contribution in [0.3, 0.4) is 0 Å². The molecule has 98 valence electrons. The molecule has 1 aromatic rings. The van der Waals surface area contributed by atoms with Crippen LogP contribution in [-0.4, -0.2) is 33.7 Å². The highest BCUT2D eigenvalue weighted by molar-refractivity contribution is 9.10. The van der Waals surface area contributed by atoms with Crippen molar-refractivity contribution >= 4 is 21.9 Å². The number of carbonyl (C=O) groups is 1. The number of nitrogens with zero attached hydrogens (tertiary/aromatic N) is 1. The minimum Gasteiger partial charge on any atom is -0.508 e. The molecule has 2 atom stereocenters. The van der Waals surface area contributed by atoms with E-state index in [4.69, 9.17) is 0 Å². The number of hydrogen-bond acceptors (Lipinski definition) is 3. The first-order valence-electron chi connectivity index (χ1n) is 5.93. The van der Waals surface area contributed by atoms with Gasteiger partial charge in [0, 0.05) is 16.6 Å². The average Bonchev–Trinajstić information content (AvgIpc) is 2.65. The van der Waals surface area contributed by atoms with Gasteiger partial charge in [0.15, 0.2) is 0 Å². The summed E-state index contributed by atoms with van der Waals surface area (Å²) in [7, 11) is 0. The number of aliphatic carboxylic acids is 1. The number of carboxylic acid groups (broad SMARTS) is 1. The standard InChI is InChI=1S/C13H16BrNO3/c1-8-4-5-15(12(8)13(17)18)7-9-6-10(14)2-3-11(9)16/h2-3,6,8,12,16H,4-5,7H2,1H3,(H,17,18). The highest BCUT2D eigenvalue weighted by atomic mass is 79.9. The number of carboxylic acids is 1. The van der Waals surface area contributed by atoms with E-state index in [0.717, 1.165) is 23.0 Å². The summed E-state index contributed by atoms with van der Waals surface area (Å²) >= 11 is 3.36. The Morgan fingerprint density at radius 2 is 2.28 bits per heavy atom. The van der Waals surface area contributed by atoms with Crippen LogP contribution in [0.4, 0.5) is 0 Å². The Labute approximate surface area is 114 Å². The second-order valence-corrected chi connectivity index (χ2v) is 5.71. The summed E-state index contributed by atoms with van der Waals surface area (Å²) in [5.41, 5.74) is 0.754. The molecule has 1 heterocycles. The lowest BCUT2D eigenvalue weighted by Crippen LogP contribution is -2.38. The van der Waals surface area contributed by atoms with E-state index in [2.05, 4.69) is 15.9 Å². The maximum atomic E-state index is 11.3. The number of likely N-dealkylation sites (tertiary alicyclic amines) is 1. The summed E-state index contributed by atoms with van der Waals surface area (Å²) in [5, 5.41) is 19.0. The van der Waals surface area contributed by atoms with Crippen molar-refractivity contribution in [3.05, 3.63) is 28.2 Å². The fourth-order valence-electron chi connectivity index (χ4n) is 2.50. The van der Waals surface area contributed by atoms with Gasteiger partial charge in [-0.2, -0.15) is 0 Å². The summed E-state index contributed by atoms with van der Waals surface area (Å²) in [6.45, 7) is 3.18. The van der Waals surface area contributed by atoms with Crippen LogP contribution in [0.5, 0.6) is 5.75 Å². The third kappa shape index (κ3) is 2.67. The number of hydrogen-bond donors (Lipinski definition) is 2. The molecule has 18 heavy (non-hydrogen) atoms. The number of phenols is 1. The first-order valence-corrected chi connectivity index (χ1v) is 6.72. The Bertz CT molecular complexity index is 464. The van der Waals surface area contributed by atoms with Gasteiger partial charge in [0.1, 0.15) is 11.8 Å². The molecule has 1 fully saturated rings. The molecular formula is C13H16BrNO3. The van der Waals surface area contributed by atoms with E-state index in [9.17, 15) is 15.0 Å². The van der Waals surface area contributed by atoms with E-state index in [1.807, 2.05) is 17.9 Å². The summed E-state index contributed by atoms with van der Waals surface area (Å²) in [6.07, 6.45) is 0.881. The fourth-order valence-corrected chi connectivity index (χ4v) is 2.91. The van der Waals surface area contributed by atoms with Crippen LogP contribution in [0.2, 0.25) is 0 Å². The van der Waals surface area contributed by atoms with Crippen molar-refractivity contribution in [2.75, 3.05) is 6.54 Å². The molecule has 0 saturated carbocycles. The zero-order chi connectivity index (χ0) is 13.3. The lowest BCUT2D eigenvalue weighted by atomic mass is 10.0. The number of rotatable bonds is 3. The second-order valence-electron chi connectivity index (χ2n) is 4.79. The molecule has 0 bridgehead atoms. The van der Waals surface area contributed by atoms with Crippen molar-refractivity contribution in [2.24, 2.45) is 5.92 Å². The van der Waals surface area contributed by atoms with Gasteiger partial charge in [-0.15, -0.1) is 0 Å². The first kappa shape index (κ1) is 13.4. The van der Waals surface area contributed by atoms with Gasteiger partial charge in [0.05, 0.1) is 0 Å². The Morgan fingerprint density at radius 1 is 1.56 bits per heavy atom. The molecule has 1 saturated heterocycles. The molecule has 0 spiro atoms. The van der Waals surface area contributed by atoms with E-state index in [0.29, 0.717) is 6.54 Å². The topological polar surface area (TPSA) is 60.8 Å². The van der Waals surface area contributed by atoms with Gasteiger partial charge in [0.25, 0.3) is 0 Å². The summed E-state index contributed by atoms with van der Waals surface area (Å²) in [6, 6.07) is 4.76. The summed E-state index contributed by atoms with van der Waals surface area (Å²) in [4.78, 5) is 13.2. The highest BCUT2D eigenvalue weighted by Crippen LogP contribution is 2.29. The predicted octanol–water partition coefficient (Wildman–Crippen LogP) is 2.45. The van der Waals surface area contributed by atoms with Crippen molar-refractivity contribution in [3.63, 3.8) is 0 Å². The van der Waals surface area contributed by atoms with Crippen LogP contribution in [0.1, 0.15) is 18.9 Å². The second kappa shape index (κ2) is 5.28. The quantitative estimate of drug-likeness (QED) is 0.900. The predicted molar refractivity (Wildman–Crippen MR) is 71.4 cm³/mol. The van der Waals surface area contributed by atoms with Crippen LogP contribution in [0.15, 0.2) is 22.7 Å². The maximum Gasteiger partial charge on any atom is 0.321 e. The molecule has 0 aromatic heterocycles. The lowest BCUT2D eigenvalue weighted by Gasteiger charge is -2.23. The molecular weight excluding hydrogens is 298 g/mol. The Balaban J connectivity index is 2.18. The molecule has 2 rings (SSSR count). The van der Waals surface area contributed by atoms with Crippen molar-refractivity contribution < 1.29 is 15.0 Å². The smallest absolute Gasteiger partial charge is 0.321 e. The van der Waals surface area contributed by atoms with E-state index < -0.39 is 12.0 Å². The van der Waals surface area contributed by atoms with Crippen LogP contribution >= 0.6 is 15.9 Å². The molecule has 5 heteroatoms. The number of halogens is 1. The first-order chi connectivity index (χ1) is 8.49. The fraction of sp³-hybridized carbons (Fsp3) is 0.462. The zero-order valence-electron chi connectivity index (χ0n) is 10.1. The van der Waals surface area contributed by atoms with Crippen LogP contribution in [-0.2, 0) is 11.3 Å². The summed E-state index contributed by atoms with van der Waals surface area (Å²) < 4.78 is 0.884. The van der Waals surface area contributed by atoms with Gasteiger partial charge >= 0.3 is 5.97 Å². The molecule has 2 unspecified atom stereocenters. The number of aromatic hydroxyl groups is 1. The average molecular weight is 314 g/mol. The minimum absolute atomic E-state index is 0.150. The van der Waals surface area contributed by atoms with Crippen molar-refractivity contribution in [3.8, 4) is 5.75 Å². The maximum absolute atomic E-state index is 11.3. The molecule has 1 aliphatic heterocycles. The summed E-state index contributed by atoms with van der Waals surface area (Å²) in [5.74, 6) is -0.423. The number of phenolic OH excluding ortho intramolecular Hbond substituents is 1. The molecule has 0 aliphatic carbocycles. The Kier molecular flexibility index (Phi) is 3.92. The molecule has 0 amide bonds. The van der Waals surface area contributed by atoms with Crippen molar-refractivity contribution in [2.45, 2.75) is 25.9 Å². The van der Waals surface area contributed by atoms with Gasteiger partial charge in [-0.25, -0.2) is 0 Å². The third-order valence-corrected chi connectivity index (χ3v) is 3.97. The Hall–Kier alpha value is -1.07.